The van der Waals surface area contributed by atoms with E-state index in [-0.39, 0.29) is 8.07 Å². The highest BCUT2D eigenvalue weighted by Crippen LogP contribution is 2.43. The highest BCUT2D eigenvalue weighted by molar-refractivity contribution is 7.55. The lowest BCUT2D eigenvalue weighted by Gasteiger charge is -2.22. The third-order valence-corrected chi connectivity index (χ3v) is 7.65. The van der Waals surface area contributed by atoms with Gasteiger partial charge in [0.25, 0.3) is 0 Å². The van der Waals surface area contributed by atoms with Gasteiger partial charge in [0, 0.05) is 30.4 Å². The summed E-state index contributed by atoms with van der Waals surface area (Å²) in [6.07, 6.45) is 11.4. The van der Waals surface area contributed by atoms with Crippen molar-refractivity contribution in [3.8, 4) is 0 Å². The van der Waals surface area contributed by atoms with Gasteiger partial charge in [-0.2, -0.15) is 5.10 Å². The molecule has 0 aliphatic heterocycles. The lowest BCUT2D eigenvalue weighted by Crippen LogP contribution is -2.24. The molecule has 1 fully saturated rings. The van der Waals surface area contributed by atoms with Gasteiger partial charge in [-0.05, 0) is 78.0 Å². The first-order chi connectivity index (χ1) is 12.4. The molecule has 1 saturated carbocycles. The van der Waals surface area contributed by atoms with Gasteiger partial charge in [0.1, 0.15) is 6.34 Å². The molecule has 0 amide bonds. The van der Waals surface area contributed by atoms with Gasteiger partial charge in [0.15, 0.2) is 0 Å². The molecule has 5 nitrogen and oxygen atoms in total. The quantitative estimate of drug-likeness (QED) is 0.160. The van der Waals surface area contributed by atoms with Crippen LogP contribution in [0.3, 0.4) is 0 Å². The van der Waals surface area contributed by atoms with Crippen molar-refractivity contribution in [2.45, 2.75) is 58.4 Å². The Morgan fingerprint density at radius 2 is 2.27 bits per heavy atom. The van der Waals surface area contributed by atoms with Crippen molar-refractivity contribution in [3.63, 3.8) is 0 Å². The lowest BCUT2D eigenvalue weighted by molar-refractivity contribution is 0.515. The summed E-state index contributed by atoms with van der Waals surface area (Å²) in [5.41, 5.74) is 2.50. The van der Waals surface area contributed by atoms with E-state index in [9.17, 15) is 0 Å². The maximum absolute atomic E-state index is 5.67. The third-order valence-electron chi connectivity index (χ3n) is 5.31. The van der Waals surface area contributed by atoms with Crippen LogP contribution < -0.4 is 10.9 Å². The second kappa shape index (κ2) is 10.2. The summed E-state index contributed by atoms with van der Waals surface area (Å²) in [5.74, 6) is 7.12. The molecule has 1 aromatic heterocycles. The van der Waals surface area contributed by atoms with E-state index in [4.69, 9.17) is 5.84 Å². The molecule has 26 heavy (non-hydrogen) atoms. The molecule has 2 rings (SSSR count). The monoisotopic (exact) mass is 377 g/mol. The Kier molecular flexibility index (Phi) is 8.33. The number of hydrogen-bond acceptors (Lipinski definition) is 3. The van der Waals surface area contributed by atoms with Crippen LogP contribution in [-0.4, -0.2) is 41.4 Å². The molecule has 146 valence electrons. The summed E-state index contributed by atoms with van der Waals surface area (Å²) in [6, 6.07) is 4.82. The molecule has 0 saturated heterocycles. The van der Waals surface area contributed by atoms with E-state index in [1.807, 2.05) is 6.08 Å². The van der Waals surface area contributed by atoms with Crippen molar-refractivity contribution in [1.82, 2.24) is 14.8 Å². The average Bonchev–Trinajstić information content (AvgIpc) is 3.22. The van der Waals surface area contributed by atoms with Crippen LogP contribution in [0.4, 0.5) is 0 Å². The largest absolute Gasteiger partial charge is 0.303 e. The Bertz CT molecular complexity index is 595. The van der Waals surface area contributed by atoms with E-state index < -0.39 is 0 Å². The van der Waals surface area contributed by atoms with Gasteiger partial charge in [-0.1, -0.05) is 13.0 Å². The summed E-state index contributed by atoms with van der Waals surface area (Å²) < 4.78 is 2.06. The van der Waals surface area contributed by atoms with Crippen LogP contribution in [-0.2, 0) is 0 Å². The first-order valence-corrected chi connectivity index (χ1v) is 11.5. The van der Waals surface area contributed by atoms with E-state index in [1.54, 1.807) is 13.4 Å². The number of nitrogens with two attached hydrogens (primary N) is 1. The van der Waals surface area contributed by atoms with Crippen LogP contribution in [0.2, 0.25) is 0 Å². The number of rotatable bonds is 10. The normalized spacial score (nSPS) is 22.7. The average molecular weight is 378 g/mol. The Hall–Kier alpha value is -1.16. The molecule has 1 aliphatic rings. The van der Waals surface area contributed by atoms with Gasteiger partial charge in [0.2, 0.25) is 0 Å². The molecule has 6 heteroatoms. The fourth-order valence-electron chi connectivity index (χ4n) is 3.75. The molecule has 0 bridgehead atoms. The van der Waals surface area contributed by atoms with Gasteiger partial charge in [0.05, 0.1) is 0 Å². The minimum atomic E-state index is -0.0729. The fourth-order valence-corrected chi connectivity index (χ4v) is 5.74. The number of nitrogens with one attached hydrogen (secondary N) is 1. The number of hydrogen-bond donors (Lipinski definition) is 2. The maximum atomic E-state index is 5.67. The third kappa shape index (κ3) is 5.94. The van der Waals surface area contributed by atoms with Crippen LogP contribution in [0.5, 0.6) is 0 Å². The van der Waals surface area contributed by atoms with Gasteiger partial charge in [-0.15, -0.1) is 6.58 Å². The van der Waals surface area contributed by atoms with Crippen molar-refractivity contribution < 1.29 is 0 Å². The van der Waals surface area contributed by atoms with Crippen molar-refractivity contribution in [3.05, 3.63) is 36.2 Å². The van der Waals surface area contributed by atoms with E-state index in [2.05, 4.69) is 54.3 Å². The predicted molar refractivity (Wildman–Crippen MR) is 115 cm³/mol. The van der Waals surface area contributed by atoms with Crippen LogP contribution in [0.1, 0.15) is 56.8 Å². The molecule has 1 aromatic rings. The van der Waals surface area contributed by atoms with E-state index in [0.29, 0.717) is 12.0 Å². The molecular weight excluding hydrogens is 341 g/mol. The topological polar surface area (TPSA) is 58.6 Å². The molecule has 1 aliphatic carbocycles. The van der Waals surface area contributed by atoms with Crippen molar-refractivity contribution in [1.29, 1.82) is 0 Å². The Morgan fingerprint density at radius 3 is 2.92 bits per heavy atom. The molecule has 1 heterocycles. The zero-order valence-electron chi connectivity index (χ0n) is 16.9. The highest BCUT2D eigenvalue weighted by atomic mass is 31.1. The zero-order valence-corrected chi connectivity index (χ0v) is 17.8. The first kappa shape index (κ1) is 21.1. The number of hydrazine groups is 1. The number of aryl methyl sites for hydroxylation is 1. The van der Waals surface area contributed by atoms with E-state index >= 15 is 0 Å². The maximum Gasteiger partial charge on any atom is 0.126 e. The molecular formula is C20H36N5P. The van der Waals surface area contributed by atoms with E-state index in [0.717, 1.165) is 5.92 Å². The summed E-state index contributed by atoms with van der Waals surface area (Å²) in [5, 5.41) is 9.76. The van der Waals surface area contributed by atoms with Gasteiger partial charge >= 0.3 is 0 Å². The van der Waals surface area contributed by atoms with Gasteiger partial charge in [-0.25, -0.2) is 10.5 Å². The van der Waals surface area contributed by atoms with Crippen molar-refractivity contribution in [2.75, 3.05) is 19.4 Å². The predicted octanol–water partition coefficient (Wildman–Crippen LogP) is 4.25. The van der Waals surface area contributed by atoms with Crippen LogP contribution in [0, 0.1) is 12.8 Å². The van der Waals surface area contributed by atoms with Gasteiger partial charge < -0.3 is 5.01 Å². The van der Waals surface area contributed by atoms with Crippen molar-refractivity contribution >= 4 is 14.4 Å². The van der Waals surface area contributed by atoms with E-state index in [1.165, 1.54) is 54.4 Å². The molecule has 4 unspecified atom stereocenters. The van der Waals surface area contributed by atoms with Crippen LogP contribution in [0.15, 0.2) is 29.9 Å². The Morgan fingerprint density at radius 1 is 1.50 bits per heavy atom. The molecule has 3 N–H and O–H groups in total. The molecule has 0 aromatic carbocycles. The minimum Gasteiger partial charge on any atom is -0.303 e. The first-order valence-electron chi connectivity index (χ1n) is 9.78. The minimum absolute atomic E-state index is 0.0729. The number of nitrogens with zero attached hydrogens (tertiary/aromatic N) is 3. The van der Waals surface area contributed by atoms with Crippen LogP contribution >= 0.6 is 8.07 Å². The van der Waals surface area contributed by atoms with Crippen LogP contribution in [0.25, 0.3) is 0 Å². The van der Waals surface area contributed by atoms with Crippen molar-refractivity contribution in [2.24, 2.45) is 16.9 Å². The highest BCUT2D eigenvalue weighted by Gasteiger charge is 2.28. The Balaban J connectivity index is 1.91. The summed E-state index contributed by atoms with van der Waals surface area (Å²) in [7, 11) is 1.72. The number of aromatic nitrogens is 1. The Labute approximate surface area is 160 Å². The summed E-state index contributed by atoms with van der Waals surface area (Å²) >= 11 is 0. The van der Waals surface area contributed by atoms with Gasteiger partial charge in [-0.3, -0.25) is 5.09 Å². The molecule has 4 atom stereocenters. The lowest BCUT2D eigenvalue weighted by atomic mass is 10.0. The second-order valence-electron chi connectivity index (χ2n) is 7.51. The summed E-state index contributed by atoms with van der Waals surface area (Å²) in [4.78, 5) is 0. The molecule has 0 radical (unpaired) electrons. The molecule has 0 spiro atoms. The summed E-state index contributed by atoms with van der Waals surface area (Å²) in [6.45, 7) is 10.5. The standard InChI is InChI=1S/C20H36N5P/c1-6-16(3)23-26(7-2)13-12-18-9-10-19(14-18)20-11-8-17(4)25(20)22-15-24(5)21/h6,8,11,15-16,18-19,23H,1,7,9-10,12-14,21H2,2-5H3/b22-15-. The second-order valence-corrected chi connectivity index (χ2v) is 9.92. The fraction of sp³-hybridized carbons (Fsp3) is 0.650. The zero-order chi connectivity index (χ0) is 19.1. The smallest absolute Gasteiger partial charge is 0.126 e. The SMILES string of the molecule is C=CC(C)NP(CC)CCC1CCC(c2ccc(C)n2/N=C\N(C)N)C1.